The van der Waals surface area contributed by atoms with Crippen molar-refractivity contribution in [3.8, 4) is 5.75 Å². The summed E-state index contributed by atoms with van der Waals surface area (Å²) in [4.78, 5) is 0. The summed E-state index contributed by atoms with van der Waals surface area (Å²) in [5.41, 5.74) is 8.80. The molecule has 1 aromatic carbocycles. The third kappa shape index (κ3) is 2.56. The van der Waals surface area contributed by atoms with Gasteiger partial charge in [0.15, 0.2) is 5.75 Å². The van der Waals surface area contributed by atoms with Crippen LogP contribution in [0.25, 0.3) is 0 Å². The number of ether oxygens (including phenoxy) is 1. The van der Waals surface area contributed by atoms with E-state index in [1.165, 1.54) is 5.56 Å². The molecule has 21 heavy (non-hydrogen) atoms. The minimum atomic E-state index is -0.169. The first-order valence-electron chi connectivity index (χ1n) is 7.47. The van der Waals surface area contributed by atoms with E-state index in [2.05, 4.69) is 43.2 Å². The standard InChI is InChI=1S/C17H25N3O/c1-5-17(6-2,13-10-8-7-9-11-13)16(18)15-14(21-4)12-19-20(15)3/h7-12,16H,5-6,18H2,1-4H3. The number of methoxy groups -OCH3 is 1. The van der Waals surface area contributed by atoms with Gasteiger partial charge in [-0.2, -0.15) is 5.10 Å². The van der Waals surface area contributed by atoms with Crippen LogP contribution < -0.4 is 10.5 Å². The Hall–Kier alpha value is -1.81. The number of nitrogens with two attached hydrogens (primary N) is 1. The molecule has 114 valence electrons. The number of hydrogen-bond donors (Lipinski definition) is 1. The molecule has 2 rings (SSSR count). The third-order valence-electron chi connectivity index (χ3n) is 4.67. The van der Waals surface area contributed by atoms with Gasteiger partial charge in [-0.15, -0.1) is 0 Å². The number of aryl methyl sites for hydroxylation is 1. The average molecular weight is 287 g/mol. The fraction of sp³-hybridized carbons (Fsp3) is 0.471. The van der Waals surface area contributed by atoms with Crippen LogP contribution in [0.5, 0.6) is 5.75 Å². The molecule has 0 fully saturated rings. The second kappa shape index (κ2) is 6.31. The lowest BCUT2D eigenvalue weighted by atomic mass is 9.69. The van der Waals surface area contributed by atoms with E-state index >= 15 is 0 Å². The molecule has 1 aromatic heterocycles. The van der Waals surface area contributed by atoms with Crippen molar-refractivity contribution >= 4 is 0 Å². The molecule has 0 aliphatic carbocycles. The maximum absolute atomic E-state index is 6.71. The maximum Gasteiger partial charge on any atom is 0.161 e. The topological polar surface area (TPSA) is 53.1 Å². The highest BCUT2D eigenvalue weighted by molar-refractivity contribution is 5.36. The Morgan fingerprint density at radius 1 is 1.24 bits per heavy atom. The Morgan fingerprint density at radius 3 is 2.38 bits per heavy atom. The molecule has 0 aliphatic heterocycles. The van der Waals surface area contributed by atoms with Gasteiger partial charge in [0.2, 0.25) is 0 Å². The van der Waals surface area contributed by atoms with Gasteiger partial charge in [0, 0.05) is 12.5 Å². The van der Waals surface area contributed by atoms with Crippen molar-refractivity contribution in [1.29, 1.82) is 0 Å². The van der Waals surface area contributed by atoms with Crippen molar-refractivity contribution in [3.63, 3.8) is 0 Å². The molecule has 1 atom stereocenters. The molecule has 0 bridgehead atoms. The molecular formula is C17H25N3O. The quantitative estimate of drug-likeness (QED) is 0.887. The van der Waals surface area contributed by atoms with Crippen LogP contribution in [0.4, 0.5) is 0 Å². The van der Waals surface area contributed by atoms with Crippen LogP contribution in [0, 0.1) is 0 Å². The maximum atomic E-state index is 6.71. The van der Waals surface area contributed by atoms with Crippen LogP contribution in [0.15, 0.2) is 36.5 Å². The highest BCUT2D eigenvalue weighted by Crippen LogP contribution is 2.43. The summed E-state index contributed by atoms with van der Waals surface area (Å²) in [6, 6.07) is 10.3. The predicted molar refractivity (Wildman–Crippen MR) is 85.4 cm³/mol. The molecule has 4 nitrogen and oxygen atoms in total. The number of benzene rings is 1. The van der Waals surface area contributed by atoms with Crippen LogP contribution in [0.3, 0.4) is 0 Å². The van der Waals surface area contributed by atoms with E-state index in [0.717, 1.165) is 24.3 Å². The molecule has 0 saturated heterocycles. The molecule has 2 N–H and O–H groups in total. The summed E-state index contributed by atoms with van der Waals surface area (Å²) in [6.07, 6.45) is 3.66. The van der Waals surface area contributed by atoms with Crippen molar-refractivity contribution in [2.45, 2.75) is 38.1 Å². The first kappa shape index (κ1) is 15.6. The molecule has 0 aliphatic rings. The van der Waals surface area contributed by atoms with Gasteiger partial charge < -0.3 is 10.5 Å². The smallest absolute Gasteiger partial charge is 0.161 e. The van der Waals surface area contributed by atoms with E-state index in [1.807, 2.05) is 17.8 Å². The van der Waals surface area contributed by atoms with E-state index in [4.69, 9.17) is 10.5 Å². The Morgan fingerprint density at radius 2 is 1.86 bits per heavy atom. The van der Waals surface area contributed by atoms with E-state index in [1.54, 1.807) is 13.3 Å². The van der Waals surface area contributed by atoms with E-state index < -0.39 is 0 Å². The average Bonchev–Trinajstić information content (AvgIpc) is 2.90. The van der Waals surface area contributed by atoms with E-state index in [0.29, 0.717) is 0 Å². The molecule has 0 amide bonds. The van der Waals surface area contributed by atoms with Crippen molar-refractivity contribution in [3.05, 3.63) is 47.8 Å². The van der Waals surface area contributed by atoms with Gasteiger partial charge in [0.25, 0.3) is 0 Å². The Labute approximate surface area is 126 Å². The Kier molecular flexibility index (Phi) is 4.68. The zero-order valence-electron chi connectivity index (χ0n) is 13.3. The van der Waals surface area contributed by atoms with Crippen LogP contribution in [0.2, 0.25) is 0 Å². The van der Waals surface area contributed by atoms with Crippen LogP contribution in [0.1, 0.15) is 44.0 Å². The van der Waals surface area contributed by atoms with Crippen LogP contribution in [-0.2, 0) is 12.5 Å². The monoisotopic (exact) mass is 287 g/mol. The van der Waals surface area contributed by atoms with Crippen molar-refractivity contribution < 1.29 is 4.74 Å². The van der Waals surface area contributed by atoms with Gasteiger partial charge in [0.05, 0.1) is 25.0 Å². The minimum Gasteiger partial charge on any atom is -0.493 e. The third-order valence-corrected chi connectivity index (χ3v) is 4.67. The summed E-state index contributed by atoms with van der Waals surface area (Å²) in [5, 5.41) is 4.30. The molecular weight excluding hydrogens is 262 g/mol. The van der Waals surface area contributed by atoms with Crippen molar-refractivity contribution in [2.24, 2.45) is 12.8 Å². The molecule has 0 radical (unpaired) electrons. The normalized spacial score (nSPS) is 13.2. The number of hydrogen-bond acceptors (Lipinski definition) is 3. The van der Waals surface area contributed by atoms with Gasteiger partial charge in [-0.25, -0.2) is 0 Å². The molecule has 0 saturated carbocycles. The van der Waals surface area contributed by atoms with Crippen molar-refractivity contribution in [1.82, 2.24) is 9.78 Å². The Bertz CT molecular complexity index is 573. The zero-order valence-corrected chi connectivity index (χ0v) is 13.3. The van der Waals surface area contributed by atoms with E-state index in [-0.39, 0.29) is 11.5 Å². The summed E-state index contributed by atoms with van der Waals surface area (Å²) >= 11 is 0. The second-order valence-electron chi connectivity index (χ2n) is 5.43. The largest absolute Gasteiger partial charge is 0.493 e. The highest BCUT2D eigenvalue weighted by atomic mass is 16.5. The second-order valence-corrected chi connectivity index (χ2v) is 5.43. The lowest BCUT2D eigenvalue weighted by Gasteiger charge is -2.38. The molecule has 0 spiro atoms. The number of aromatic nitrogens is 2. The van der Waals surface area contributed by atoms with Crippen molar-refractivity contribution in [2.75, 3.05) is 7.11 Å². The summed E-state index contributed by atoms with van der Waals surface area (Å²) in [7, 11) is 3.58. The first-order chi connectivity index (χ1) is 10.1. The van der Waals surface area contributed by atoms with E-state index in [9.17, 15) is 0 Å². The lowest BCUT2D eigenvalue weighted by Crippen LogP contribution is -2.39. The fourth-order valence-electron chi connectivity index (χ4n) is 3.25. The zero-order chi connectivity index (χ0) is 15.5. The molecule has 1 unspecified atom stereocenters. The van der Waals surface area contributed by atoms with Crippen LogP contribution >= 0.6 is 0 Å². The van der Waals surface area contributed by atoms with Gasteiger partial charge in [0.1, 0.15) is 0 Å². The molecule has 2 aromatic rings. The number of rotatable bonds is 6. The van der Waals surface area contributed by atoms with Gasteiger partial charge in [-0.3, -0.25) is 4.68 Å². The van der Waals surface area contributed by atoms with Crippen LogP contribution in [-0.4, -0.2) is 16.9 Å². The minimum absolute atomic E-state index is 0.123. The van der Waals surface area contributed by atoms with Gasteiger partial charge in [-0.1, -0.05) is 44.2 Å². The van der Waals surface area contributed by atoms with Gasteiger partial charge in [-0.05, 0) is 18.4 Å². The Balaban J connectivity index is 2.54. The summed E-state index contributed by atoms with van der Waals surface area (Å²) < 4.78 is 7.27. The number of nitrogens with zero attached hydrogens (tertiary/aromatic N) is 2. The summed E-state index contributed by atoms with van der Waals surface area (Å²) in [6.45, 7) is 4.39. The molecule has 4 heteroatoms. The first-order valence-corrected chi connectivity index (χ1v) is 7.47. The predicted octanol–water partition coefficient (Wildman–Crippen LogP) is 3.19. The van der Waals surface area contributed by atoms with Gasteiger partial charge >= 0.3 is 0 Å². The SMILES string of the molecule is CCC(CC)(c1ccccc1)C(N)c1c(OC)cnn1C. The highest BCUT2D eigenvalue weighted by Gasteiger charge is 2.39. The lowest BCUT2D eigenvalue weighted by molar-refractivity contribution is 0.300. The molecule has 1 heterocycles. The summed E-state index contributed by atoms with van der Waals surface area (Å²) in [5.74, 6) is 0.757. The fourth-order valence-corrected chi connectivity index (χ4v) is 3.25.